The zero-order valence-corrected chi connectivity index (χ0v) is 11.8. The van der Waals surface area contributed by atoms with Crippen LogP contribution in [0.4, 0.5) is 11.4 Å². The first-order chi connectivity index (χ1) is 10.6. The monoisotopic (exact) mass is 304 g/mol. The van der Waals surface area contributed by atoms with Gasteiger partial charge in [0.1, 0.15) is 12.4 Å². The first-order valence-electron chi connectivity index (χ1n) is 6.75. The van der Waals surface area contributed by atoms with Crippen LogP contribution in [0.3, 0.4) is 0 Å². The van der Waals surface area contributed by atoms with Crippen molar-refractivity contribution in [2.45, 2.75) is 13.0 Å². The summed E-state index contributed by atoms with van der Waals surface area (Å²) >= 11 is 0. The summed E-state index contributed by atoms with van der Waals surface area (Å²) in [4.78, 5) is 23.8. The van der Waals surface area contributed by atoms with Gasteiger partial charge in [0.25, 0.3) is 0 Å². The third-order valence-electron chi connectivity index (χ3n) is 3.08. The summed E-state index contributed by atoms with van der Waals surface area (Å²) in [7, 11) is 0. The number of aryl methyl sites for hydroxylation is 1. The minimum absolute atomic E-state index is 0.109. The number of para-hydroxylation sites is 1. The Morgan fingerprint density at radius 1 is 1.36 bits per heavy atom. The summed E-state index contributed by atoms with van der Waals surface area (Å²) < 4.78 is 1.36. The molecule has 0 unspecified atom stereocenters. The molecule has 0 aliphatic carbocycles. The molecule has 0 aliphatic rings. The molecule has 0 spiro atoms. The van der Waals surface area contributed by atoms with E-state index in [0.29, 0.717) is 5.69 Å². The lowest BCUT2D eigenvalue weighted by Gasteiger charge is -2.21. The molecule has 1 aromatic carbocycles. The number of amides is 1. The average Bonchev–Trinajstić information content (AvgIpc) is 3.00. The lowest BCUT2D eigenvalue weighted by atomic mass is 10.2. The van der Waals surface area contributed by atoms with E-state index in [0.717, 1.165) is 6.20 Å². The second-order valence-electron chi connectivity index (χ2n) is 4.57. The van der Waals surface area contributed by atoms with Gasteiger partial charge in [-0.1, -0.05) is 18.2 Å². The Labute approximate surface area is 126 Å². The van der Waals surface area contributed by atoms with Gasteiger partial charge in [0.05, 0.1) is 11.5 Å². The normalized spacial score (nSPS) is 10.4. The van der Waals surface area contributed by atoms with Crippen LogP contribution in [0.2, 0.25) is 0 Å². The smallest absolute Gasteiger partial charge is 0.306 e. The summed E-state index contributed by atoms with van der Waals surface area (Å²) in [6.07, 6.45) is 2.56. The number of aliphatic hydroxyl groups is 1. The summed E-state index contributed by atoms with van der Waals surface area (Å²) in [6, 6.07) is 9.03. The molecule has 2 rings (SSSR count). The molecule has 8 nitrogen and oxygen atoms in total. The molecule has 0 bridgehead atoms. The SMILES string of the molecule is O=C(CCn1cc([N+](=O)[O-])cn1)N(CCO)c1ccccc1. The van der Waals surface area contributed by atoms with Crippen molar-refractivity contribution in [3.05, 3.63) is 52.8 Å². The maximum absolute atomic E-state index is 12.3. The van der Waals surface area contributed by atoms with Crippen molar-refractivity contribution in [1.29, 1.82) is 0 Å². The first kappa shape index (κ1) is 15.6. The highest BCUT2D eigenvalue weighted by molar-refractivity contribution is 5.93. The van der Waals surface area contributed by atoms with Crippen molar-refractivity contribution in [3.63, 3.8) is 0 Å². The molecular weight excluding hydrogens is 288 g/mol. The van der Waals surface area contributed by atoms with Gasteiger partial charge in [-0.25, -0.2) is 0 Å². The van der Waals surface area contributed by atoms with Crippen LogP contribution in [0.25, 0.3) is 0 Å². The lowest BCUT2D eigenvalue weighted by Crippen LogP contribution is -2.34. The van der Waals surface area contributed by atoms with Gasteiger partial charge >= 0.3 is 5.69 Å². The summed E-state index contributed by atoms with van der Waals surface area (Å²) in [5.41, 5.74) is 0.593. The summed E-state index contributed by atoms with van der Waals surface area (Å²) in [6.45, 7) is 0.289. The third-order valence-corrected chi connectivity index (χ3v) is 3.08. The molecule has 1 aromatic heterocycles. The minimum atomic E-state index is -0.534. The molecular formula is C14H16N4O4. The highest BCUT2D eigenvalue weighted by atomic mass is 16.6. The van der Waals surface area contributed by atoms with Crippen LogP contribution in [0, 0.1) is 10.1 Å². The van der Waals surface area contributed by atoms with Gasteiger partial charge < -0.3 is 10.0 Å². The van der Waals surface area contributed by atoms with Crippen LogP contribution in [-0.4, -0.2) is 38.9 Å². The van der Waals surface area contributed by atoms with Crippen molar-refractivity contribution < 1.29 is 14.8 Å². The van der Waals surface area contributed by atoms with Gasteiger partial charge in [0.15, 0.2) is 0 Å². The van der Waals surface area contributed by atoms with Gasteiger partial charge in [0, 0.05) is 25.2 Å². The zero-order chi connectivity index (χ0) is 15.9. The molecule has 0 saturated heterocycles. The summed E-state index contributed by atoms with van der Waals surface area (Å²) in [5, 5.41) is 23.5. The number of nitro groups is 1. The highest BCUT2D eigenvalue weighted by Crippen LogP contribution is 2.15. The topological polar surface area (TPSA) is 102 Å². The Bertz CT molecular complexity index is 641. The standard InChI is InChI=1S/C14H16N4O4/c19-9-8-17(12-4-2-1-3-5-12)14(20)6-7-16-11-13(10-15-16)18(21)22/h1-5,10-11,19H,6-9H2. The summed E-state index contributed by atoms with van der Waals surface area (Å²) in [5.74, 6) is -0.182. The molecule has 22 heavy (non-hydrogen) atoms. The van der Waals surface area contributed by atoms with Crippen LogP contribution in [-0.2, 0) is 11.3 Å². The average molecular weight is 304 g/mol. The fourth-order valence-electron chi connectivity index (χ4n) is 2.02. The molecule has 0 fully saturated rings. The van der Waals surface area contributed by atoms with Gasteiger partial charge in [-0.15, -0.1) is 0 Å². The number of carbonyl (C=O) groups is 1. The van der Waals surface area contributed by atoms with E-state index in [4.69, 9.17) is 5.11 Å². The van der Waals surface area contributed by atoms with E-state index in [-0.39, 0.29) is 37.7 Å². The minimum Gasteiger partial charge on any atom is -0.395 e. The second-order valence-corrected chi connectivity index (χ2v) is 4.57. The quantitative estimate of drug-likeness (QED) is 0.612. The Morgan fingerprint density at radius 3 is 2.68 bits per heavy atom. The Hall–Kier alpha value is -2.74. The number of aromatic nitrogens is 2. The zero-order valence-electron chi connectivity index (χ0n) is 11.8. The van der Waals surface area contributed by atoms with Gasteiger partial charge in [0.2, 0.25) is 5.91 Å². The fourth-order valence-corrected chi connectivity index (χ4v) is 2.02. The third kappa shape index (κ3) is 3.89. The van der Waals surface area contributed by atoms with E-state index >= 15 is 0 Å². The first-order valence-corrected chi connectivity index (χ1v) is 6.75. The molecule has 8 heteroatoms. The van der Waals surface area contributed by atoms with E-state index in [2.05, 4.69) is 5.10 Å². The van der Waals surface area contributed by atoms with E-state index < -0.39 is 4.92 Å². The van der Waals surface area contributed by atoms with Crippen LogP contribution < -0.4 is 4.90 Å². The number of anilines is 1. The number of carbonyl (C=O) groups excluding carboxylic acids is 1. The van der Waals surface area contributed by atoms with Crippen molar-refractivity contribution in [2.75, 3.05) is 18.1 Å². The Kier molecular flexibility index (Phi) is 5.21. The van der Waals surface area contributed by atoms with Crippen molar-refractivity contribution in [2.24, 2.45) is 0 Å². The number of hydrogen-bond acceptors (Lipinski definition) is 5. The largest absolute Gasteiger partial charge is 0.395 e. The van der Waals surface area contributed by atoms with E-state index in [1.165, 1.54) is 15.8 Å². The van der Waals surface area contributed by atoms with Crippen molar-refractivity contribution >= 4 is 17.3 Å². The maximum atomic E-state index is 12.3. The molecule has 116 valence electrons. The van der Waals surface area contributed by atoms with Gasteiger partial charge in [-0.3, -0.25) is 19.6 Å². The van der Waals surface area contributed by atoms with E-state index in [1.807, 2.05) is 18.2 Å². The van der Waals surface area contributed by atoms with E-state index in [1.54, 1.807) is 12.1 Å². The number of hydrogen-bond donors (Lipinski definition) is 1. The fraction of sp³-hybridized carbons (Fsp3) is 0.286. The Morgan fingerprint density at radius 2 is 2.09 bits per heavy atom. The van der Waals surface area contributed by atoms with Gasteiger partial charge in [-0.2, -0.15) is 5.10 Å². The van der Waals surface area contributed by atoms with E-state index in [9.17, 15) is 14.9 Å². The molecule has 0 atom stereocenters. The molecule has 1 N–H and O–H groups in total. The predicted octanol–water partition coefficient (Wildman–Crippen LogP) is 1.21. The highest BCUT2D eigenvalue weighted by Gasteiger charge is 2.16. The lowest BCUT2D eigenvalue weighted by molar-refractivity contribution is -0.385. The molecule has 0 aliphatic heterocycles. The van der Waals surface area contributed by atoms with Crippen molar-refractivity contribution in [3.8, 4) is 0 Å². The number of aliphatic hydroxyl groups excluding tert-OH is 1. The molecule has 0 saturated carbocycles. The van der Waals surface area contributed by atoms with Gasteiger partial charge in [-0.05, 0) is 12.1 Å². The number of benzene rings is 1. The van der Waals surface area contributed by atoms with Crippen LogP contribution >= 0.6 is 0 Å². The molecule has 0 radical (unpaired) electrons. The number of rotatable bonds is 7. The van der Waals surface area contributed by atoms with Crippen molar-refractivity contribution in [1.82, 2.24) is 9.78 Å². The number of nitrogens with zero attached hydrogens (tertiary/aromatic N) is 4. The second kappa shape index (κ2) is 7.32. The molecule has 1 heterocycles. The molecule has 2 aromatic rings. The predicted molar refractivity (Wildman–Crippen MR) is 79.4 cm³/mol. The molecule has 1 amide bonds. The van der Waals surface area contributed by atoms with Crippen LogP contribution in [0.15, 0.2) is 42.7 Å². The van der Waals surface area contributed by atoms with Crippen LogP contribution in [0.5, 0.6) is 0 Å². The Balaban J connectivity index is 2.00. The maximum Gasteiger partial charge on any atom is 0.306 e. The van der Waals surface area contributed by atoms with Crippen LogP contribution in [0.1, 0.15) is 6.42 Å².